The van der Waals surface area contributed by atoms with E-state index in [4.69, 9.17) is 33.2 Å². The van der Waals surface area contributed by atoms with Crippen molar-refractivity contribution in [1.82, 2.24) is 0 Å². The van der Waals surface area contributed by atoms with E-state index < -0.39 is 286 Å². The van der Waals surface area contributed by atoms with Crippen LogP contribution in [0, 0.1) is 0 Å². The first-order valence-corrected chi connectivity index (χ1v) is 39.7. The number of carbonyl (C=O) groups excluding carboxylic acids is 1. The number of unbranched alkanes of at least 4 members (excludes halogenated alkanes) is 17. The van der Waals surface area contributed by atoms with Gasteiger partial charge in [0.1, 0.15) is 47.7 Å². The topological polar surface area (TPSA) is 81.7 Å². The summed E-state index contributed by atoms with van der Waals surface area (Å²) in [6.07, 6.45) is -32.8. The SMILES string of the molecule is CCCCCCCCOC(=O)c1cc(OCc2cc(OCCCCCCCCCCCCF)cc(OCCCCC(F)(F)C(F)(F)C(F)(F)C(F)(F)C(F)(F)C(F)(F)C(F)(F)C(F)(F)F)c2)cc(OCc2cc(OCCCCC(F)(F)C(F)(F)C(F)(F)C(F)(F)C(F)(F)C(F)(F)C(F)(F)C(F)(F)F)cc(OCCCCC(F)(F)C(F)(F)C(F)(F)C(F)(F)C(F)(F)C(F)(F)C(F)(F)C(F)(F)F)c2)c1. The van der Waals surface area contributed by atoms with Crippen LogP contribution in [0.3, 0.4) is 0 Å². The first kappa shape index (κ1) is 123. The zero-order valence-electron chi connectivity index (χ0n) is 69.5. The molecule has 0 bridgehead atoms. The molecular formula is C77H78F52O8. The lowest BCUT2D eigenvalue weighted by Crippen LogP contribution is -2.74. The van der Waals surface area contributed by atoms with Gasteiger partial charge in [0.2, 0.25) is 0 Å². The third-order valence-corrected chi connectivity index (χ3v) is 20.2. The number of hydrogen-bond acceptors (Lipinski definition) is 8. The summed E-state index contributed by atoms with van der Waals surface area (Å²) in [4.78, 5) is 13.7. The standard InChI is InChI=1S/C77H78F52O8/c1-2-3-4-5-13-20-32-135-53(130)46-37-51(136-42-44-33-47(131-28-19-14-11-9-7-6-8-10-12-18-27-78)39-48(34-44)132-29-21-15-24-54(79,80)57(85,86)60(91,92)63(97,98)66(103,104)69(109,110)72(115,116)75(121,122)123)41-52(38-46)137-43-45-35-49(133-30-22-16-25-55(81,82)58(87,88)61(93,94)64(99,100)67(105,106)70(111,112)73(117,118)76(124,125)126)40-50(36-45)134-31-23-17-26-56(83,84)59(89,90)62(95,96)65(101,102)68(107,108)71(113,114)74(119,120)77(127,128)129/h33-41H,2-32,42-43H2,1H3. The molecule has 3 aromatic rings. The maximum atomic E-state index is 14.9. The van der Waals surface area contributed by atoms with E-state index in [-0.39, 0.29) is 37.4 Å². The Bertz CT molecular complexity index is 4130. The lowest BCUT2D eigenvalue weighted by molar-refractivity contribution is -0.461. The average molecular weight is 2120 g/mol. The fraction of sp³-hybridized carbons (Fsp3) is 0.753. The van der Waals surface area contributed by atoms with Crippen molar-refractivity contribution in [1.29, 1.82) is 0 Å². The van der Waals surface area contributed by atoms with Gasteiger partial charge in [-0.3, -0.25) is 4.39 Å². The van der Waals surface area contributed by atoms with Crippen LogP contribution in [0.2, 0.25) is 0 Å². The first-order chi connectivity index (χ1) is 61.7. The number of hydrogen-bond donors (Lipinski definition) is 0. The van der Waals surface area contributed by atoms with Gasteiger partial charge in [0.05, 0.1) is 45.3 Å². The minimum Gasteiger partial charge on any atom is -0.493 e. The Kier molecular flexibility index (Phi) is 40.4. The molecule has 798 valence electrons. The van der Waals surface area contributed by atoms with Gasteiger partial charge in [-0.05, 0) is 105 Å². The monoisotopic (exact) mass is 2120 g/mol. The quantitative estimate of drug-likeness (QED) is 0.0314. The summed E-state index contributed by atoms with van der Waals surface area (Å²) in [5.74, 6) is -182. The van der Waals surface area contributed by atoms with Gasteiger partial charge in [0.15, 0.2) is 0 Å². The molecule has 0 saturated heterocycles. The van der Waals surface area contributed by atoms with E-state index in [0.29, 0.717) is 69.6 Å². The van der Waals surface area contributed by atoms with Gasteiger partial charge in [0.25, 0.3) is 0 Å². The van der Waals surface area contributed by atoms with Crippen molar-refractivity contribution in [2.45, 2.75) is 324 Å². The van der Waals surface area contributed by atoms with Crippen LogP contribution in [0.15, 0.2) is 54.6 Å². The van der Waals surface area contributed by atoms with Crippen LogP contribution in [-0.4, -0.2) is 189 Å². The van der Waals surface area contributed by atoms with Gasteiger partial charge in [-0.25, -0.2) is 4.79 Å². The van der Waals surface area contributed by atoms with Crippen LogP contribution >= 0.6 is 0 Å². The number of esters is 1. The van der Waals surface area contributed by atoms with Crippen molar-refractivity contribution in [3.63, 3.8) is 0 Å². The number of rotatable bonds is 63. The maximum Gasteiger partial charge on any atom is 0.460 e. The van der Waals surface area contributed by atoms with Gasteiger partial charge < -0.3 is 33.2 Å². The highest BCUT2D eigenvalue weighted by Crippen LogP contribution is 2.69. The molecule has 137 heavy (non-hydrogen) atoms. The number of alkyl halides is 52. The fourth-order valence-corrected chi connectivity index (χ4v) is 11.9. The third-order valence-electron chi connectivity index (χ3n) is 20.2. The highest BCUT2D eigenvalue weighted by molar-refractivity contribution is 5.90. The minimum absolute atomic E-state index is 0.155. The smallest absolute Gasteiger partial charge is 0.460 e. The van der Waals surface area contributed by atoms with Gasteiger partial charge in [-0.1, -0.05) is 90.4 Å². The van der Waals surface area contributed by atoms with Gasteiger partial charge in [0, 0.05) is 37.5 Å². The molecule has 0 spiro atoms. The molecule has 0 unspecified atom stereocenters. The molecule has 0 radical (unpaired) electrons. The third kappa shape index (κ3) is 25.9. The molecule has 0 aliphatic carbocycles. The molecule has 0 amide bonds. The number of halogens is 52. The Balaban J connectivity index is 2.17. The fourth-order valence-electron chi connectivity index (χ4n) is 11.9. The van der Waals surface area contributed by atoms with Crippen molar-refractivity contribution in [2.75, 3.05) is 39.7 Å². The van der Waals surface area contributed by atoms with E-state index in [1.54, 1.807) is 0 Å². The number of benzene rings is 3. The second-order valence-electron chi connectivity index (χ2n) is 30.7. The van der Waals surface area contributed by atoms with Crippen molar-refractivity contribution in [3.05, 3.63) is 71.3 Å². The molecule has 60 heteroatoms. The van der Waals surface area contributed by atoms with Crippen molar-refractivity contribution < 1.29 is 266 Å². The molecule has 0 aliphatic heterocycles. The van der Waals surface area contributed by atoms with Crippen LogP contribution in [-0.2, 0) is 18.0 Å². The molecule has 0 heterocycles. The minimum atomic E-state index is -9.01. The molecule has 0 N–H and O–H groups in total. The van der Waals surface area contributed by atoms with Crippen LogP contribution in [0.25, 0.3) is 0 Å². The van der Waals surface area contributed by atoms with E-state index in [2.05, 4.69) is 0 Å². The summed E-state index contributed by atoms with van der Waals surface area (Å²) < 4.78 is 763. The maximum absolute atomic E-state index is 14.9. The molecule has 3 aromatic carbocycles. The van der Waals surface area contributed by atoms with E-state index in [1.807, 2.05) is 6.92 Å². The summed E-state index contributed by atoms with van der Waals surface area (Å²) in [6, 6.07) is 7.56. The lowest BCUT2D eigenvalue weighted by atomic mass is 9.88. The highest BCUT2D eigenvalue weighted by Gasteiger charge is 2.99. The Morgan fingerprint density at radius 3 is 0.628 bits per heavy atom. The van der Waals surface area contributed by atoms with Crippen molar-refractivity contribution >= 4 is 5.97 Å². The molecular weight excluding hydrogens is 2040 g/mol. The Morgan fingerprint density at radius 1 is 0.212 bits per heavy atom. The molecule has 0 fully saturated rings. The summed E-state index contributed by atoms with van der Waals surface area (Å²) in [7, 11) is 0. The van der Waals surface area contributed by atoms with E-state index in [0.717, 1.165) is 74.9 Å². The van der Waals surface area contributed by atoms with Crippen LogP contribution in [0.4, 0.5) is 228 Å². The van der Waals surface area contributed by atoms with Gasteiger partial charge in [-0.2, -0.15) is 224 Å². The highest BCUT2D eigenvalue weighted by atomic mass is 19.5. The van der Waals surface area contributed by atoms with Gasteiger partial charge >= 0.3 is 149 Å². The Labute approximate surface area is 740 Å². The van der Waals surface area contributed by atoms with E-state index in [9.17, 15) is 233 Å². The van der Waals surface area contributed by atoms with Crippen LogP contribution in [0.1, 0.15) is 189 Å². The number of carbonyl (C=O) groups is 1. The largest absolute Gasteiger partial charge is 0.493 e. The molecule has 0 aliphatic rings. The average Bonchev–Trinajstić information content (AvgIpc) is 0.702. The summed E-state index contributed by atoms with van der Waals surface area (Å²) >= 11 is 0. The molecule has 8 nitrogen and oxygen atoms in total. The zero-order chi connectivity index (χ0) is 106. The van der Waals surface area contributed by atoms with Crippen molar-refractivity contribution in [3.8, 4) is 34.5 Å². The summed E-state index contributed by atoms with van der Waals surface area (Å²) in [5, 5.41) is 0. The predicted molar refractivity (Wildman–Crippen MR) is 369 cm³/mol. The van der Waals surface area contributed by atoms with E-state index in [1.165, 1.54) is 0 Å². The van der Waals surface area contributed by atoms with Crippen LogP contribution < -0.4 is 28.4 Å². The second kappa shape index (κ2) is 44.8. The second-order valence-corrected chi connectivity index (χ2v) is 30.7. The molecule has 0 saturated carbocycles. The predicted octanol–water partition coefficient (Wildman–Crippen LogP) is 31.3. The Morgan fingerprint density at radius 2 is 0.401 bits per heavy atom. The summed E-state index contributed by atoms with van der Waals surface area (Å²) in [5.41, 5.74) is -1.24. The molecule has 0 aromatic heterocycles. The zero-order valence-corrected chi connectivity index (χ0v) is 69.5. The first-order valence-electron chi connectivity index (χ1n) is 39.7. The lowest BCUT2D eigenvalue weighted by Gasteiger charge is -2.42. The summed E-state index contributed by atoms with van der Waals surface area (Å²) in [6.45, 7) is -4.89. The van der Waals surface area contributed by atoms with Crippen molar-refractivity contribution in [2.24, 2.45) is 0 Å². The Hall–Kier alpha value is -7.71. The van der Waals surface area contributed by atoms with E-state index >= 15 is 0 Å². The normalized spacial score (nSPS) is 14.7. The van der Waals surface area contributed by atoms with Crippen LogP contribution in [0.5, 0.6) is 34.5 Å². The molecule has 3 rings (SSSR count). The number of ether oxygens (including phenoxy) is 7. The van der Waals surface area contributed by atoms with Gasteiger partial charge in [-0.15, -0.1) is 0 Å². The molecule has 0 atom stereocenters.